The Morgan fingerprint density at radius 1 is 1.07 bits per heavy atom. The van der Waals surface area contributed by atoms with Crippen molar-refractivity contribution in [3.63, 3.8) is 0 Å². The molecule has 2 aromatic rings. The molecular weight excluding hydrogens is 380 g/mol. The van der Waals surface area contributed by atoms with Crippen molar-refractivity contribution in [1.82, 2.24) is 18.7 Å². The van der Waals surface area contributed by atoms with Crippen molar-refractivity contribution in [1.29, 1.82) is 0 Å². The predicted octanol–water partition coefficient (Wildman–Crippen LogP) is 1.65. The van der Waals surface area contributed by atoms with Gasteiger partial charge in [-0.05, 0) is 11.8 Å². The molecule has 1 aliphatic carbocycles. The van der Waals surface area contributed by atoms with E-state index in [1.54, 1.807) is 11.6 Å². The van der Waals surface area contributed by atoms with Crippen LogP contribution in [0, 0.1) is 5.41 Å². The highest BCUT2D eigenvalue weighted by Gasteiger charge is 2.41. The Balaban J connectivity index is 2.13. The molecule has 1 saturated carbocycles. The van der Waals surface area contributed by atoms with Crippen LogP contribution >= 0.6 is 11.8 Å². The molecule has 2 heterocycles. The van der Waals surface area contributed by atoms with Gasteiger partial charge in [0.05, 0.1) is 0 Å². The molecule has 0 aliphatic heterocycles. The van der Waals surface area contributed by atoms with Crippen LogP contribution in [0.2, 0.25) is 0 Å². The van der Waals surface area contributed by atoms with Gasteiger partial charge in [-0.1, -0.05) is 39.0 Å². The molecule has 8 nitrogen and oxygen atoms in total. The Kier molecular flexibility index (Phi) is 5.40. The number of ketones is 2. The van der Waals surface area contributed by atoms with Crippen molar-refractivity contribution < 1.29 is 9.59 Å². The first-order valence-corrected chi connectivity index (χ1v) is 10.3. The van der Waals surface area contributed by atoms with Crippen LogP contribution < -0.4 is 11.2 Å². The molecule has 1 fully saturated rings. The maximum Gasteiger partial charge on any atom is 0.332 e. The van der Waals surface area contributed by atoms with E-state index in [4.69, 9.17) is 0 Å². The molecule has 0 spiro atoms. The number of Topliss-reactive ketones (excluding diaryl/α,β-unsaturated/α-hetero) is 2. The molecule has 0 bridgehead atoms. The molecule has 0 atom stereocenters. The van der Waals surface area contributed by atoms with Crippen LogP contribution in [0.5, 0.6) is 0 Å². The average Bonchev–Trinajstić information content (AvgIpc) is 2.97. The standard InChI is InChI=1S/C19H26N4O4S/c1-6-7-8-23-13-15(21(4)18(27)22(5)16(13)26)20-17(23)28-14-11(24)9-19(2,3)10-12(14)25/h14H,6-10H2,1-5H3. The number of fused-ring (bicyclic) bond motifs is 1. The number of hydrogen-bond donors (Lipinski definition) is 0. The molecule has 0 amide bonds. The molecule has 0 aromatic carbocycles. The monoisotopic (exact) mass is 406 g/mol. The summed E-state index contributed by atoms with van der Waals surface area (Å²) in [5.41, 5.74) is -0.594. The third kappa shape index (κ3) is 3.47. The van der Waals surface area contributed by atoms with Gasteiger partial charge >= 0.3 is 5.69 Å². The zero-order chi connectivity index (χ0) is 20.8. The van der Waals surface area contributed by atoms with Crippen LogP contribution in [-0.2, 0) is 30.2 Å². The lowest BCUT2D eigenvalue weighted by atomic mass is 9.76. The van der Waals surface area contributed by atoms with E-state index in [9.17, 15) is 19.2 Å². The number of aryl methyl sites for hydroxylation is 2. The SMILES string of the molecule is CCCCn1c(SC2C(=O)CC(C)(C)CC2=O)nc2c1c(=O)n(C)c(=O)n2C. The molecule has 1 aliphatic rings. The smallest absolute Gasteiger partial charge is 0.313 e. The Bertz CT molecular complexity index is 1060. The minimum atomic E-state index is -0.814. The first-order valence-electron chi connectivity index (χ1n) is 9.45. The fraction of sp³-hybridized carbons (Fsp3) is 0.632. The fourth-order valence-corrected chi connectivity index (χ4v) is 4.74. The molecule has 2 aromatic heterocycles. The highest BCUT2D eigenvalue weighted by molar-refractivity contribution is 8.01. The number of hydrogen-bond acceptors (Lipinski definition) is 6. The quantitative estimate of drug-likeness (QED) is 0.701. The Morgan fingerprint density at radius 3 is 2.25 bits per heavy atom. The van der Waals surface area contributed by atoms with Gasteiger partial charge in [-0.2, -0.15) is 0 Å². The first kappa shape index (κ1) is 20.6. The van der Waals surface area contributed by atoms with Gasteiger partial charge in [0.15, 0.2) is 27.9 Å². The topological polar surface area (TPSA) is 96.0 Å². The molecule has 28 heavy (non-hydrogen) atoms. The van der Waals surface area contributed by atoms with Gasteiger partial charge in [0.2, 0.25) is 0 Å². The van der Waals surface area contributed by atoms with Crippen molar-refractivity contribution in [3.05, 3.63) is 20.8 Å². The number of unbranched alkanes of at least 4 members (excludes halogenated alkanes) is 1. The van der Waals surface area contributed by atoms with Crippen LogP contribution in [0.3, 0.4) is 0 Å². The van der Waals surface area contributed by atoms with Crippen molar-refractivity contribution in [2.24, 2.45) is 19.5 Å². The molecule has 152 valence electrons. The van der Waals surface area contributed by atoms with Crippen LogP contribution in [0.1, 0.15) is 46.5 Å². The summed E-state index contributed by atoms with van der Waals surface area (Å²) in [6.45, 7) is 6.40. The van der Waals surface area contributed by atoms with E-state index in [-0.39, 0.29) is 22.6 Å². The third-order valence-corrected chi connectivity index (χ3v) is 6.45. The van der Waals surface area contributed by atoms with Gasteiger partial charge in [0.25, 0.3) is 5.56 Å². The van der Waals surface area contributed by atoms with Gasteiger partial charge < -0.3 is 4.57 Å². The number of imidazole rings is 1. The Hall–Kier alpha value is -2.16. The molecule has 3 rings (SSSR count). The number of carbonyl (C=O) groups is 2. The second-order valence-corrected chi connectivity index (χ2v) is 9.30. The van der Waals surface area contributed by atoms with Crippen molar-refractivity contribution >= 4 is 34.5 Å². The largest absolute Gasteiger partial charge is 0.332 e. The first-order chi connectivity index (χ1) is 13.1. The normalized spacial score (nSPS) is 17.6. The van der Waals surface area contributed by atoms with E-state index < -0.39 is 16.5 Å². The summed E-state index contributed by atoms with van der Waals surface area (Å²) in [6.07, 6.45) is 2.40. The van der Waals surface area contributed by atoms with Crippen molar-refractivity contribution in [3.8, 4) is 0 Å². The number of nitrogens with zero attached hydrogens (tertiary/aromatic N) is 4. The molecule has 9 heteroatoms. The minimum Gasteiger partial charge on any atom is -0.313 e. The van der Waals surface area contributed by atoms with Gasteiger partial charge in [-0.15, -0.1) is 0 Å². The Morgan fingerprint density at radius 2 is 1.68 bits per heavy atom. The third-order valence-electron chi connectivity index (χ3n) is 5.16. The maximum atomic E-state index is 12.8. The van der Waals surface area contributed by atoms with E-state index >= 15 is 0 Å². The lowest BCUT2D eigenvalue weighted by molar-refractivity contribution is -0.132. The number of rotatable bonds is 5. The van der Waals surface area contributed by atoms with E-state index in [2.05, 4.69) is 4.98 Å². The highest BCUT2D eigenvalue weighted by Crippen LogP contribution is 2.38. The second-order valence-electron chi connectivity index (χ2n) is 8.23. The summed E-state index contributed by atoms with van der Waals surface area (Å²) in [4.78, 5) is 54.7. The Labute approximate surface area is 166 Å². The molecule has 0 saturated heterocycles. The lowest BCUT2D eigenvalue weighted by Crippen LogP contribution is -2.39. The van der Waals surface area contributed by atoms with Gasteiger partial charge in [0.1, 0.15) is 5.25 Å². The van der Waals surface area contributed by atoms with Crippen LogP contribution in [0.25, 0.3) is 11.2 Å². The van der Waals surface area contributed by atoms with Crippen LogP contribution in [0.4, 0.5) is 0 Å². The summed E-state index contributed by atoms with van der Waals surface area (Å²) in [5, 5.41) is -0.376. The van der Waals surface area contributed by atoms with Crippen LogP contribution in [-0.4, -0.2) is 35.5 Å². The minimum absolute atomic E-state index is 0.109. The summed E-state index contributed by atoms with van der Waals surface area (Å²) in [6, 6.07) is 0. The van der Waals surface area contributed by atoms with Gasteiger partial charge in [-0.3, -0.25) is 23.5 Å². The van der Waals surface area contributed by atoms with E-state index in [1.165, 1.54) is 11.6 Å². The zero-order valence-corrected chi connectivity index (χ0v) is 17.8. The number of carbonyl (C=O) groups excluding carboxylic acids is 2. The van der Waals surface area contributed by atoms with Crippen molar-refractivity contribution in [2.75, 3.05) is 0 Å². The van der Waals surface area contributed by atoms with Crippen molar-refractivity contribution in [2.45, 2.75) is 63.4 Å². The average molecular weight is 407 g/mol. The maximum absolute atomic E-state index is 12.8. The van der Waals surface area contributed by atoms with Gasteiger partial charge in [-0.25, -0.2) is 9.78 Å². The van der Waals surface area contributed by atoms with Gasteiger partial charge in [0, 0.05) is 33.5 Å². The predicted molar refractivity (Wildman–Crippen MR) is 108 cm³/mol. The lowest BCUT2D eigenvalue weighted by Gasteiger charge is -2.31. The summed E-state index contributed by atoms with van der Waals surface area (Å²) < 4.78 is 4.14. The zero-order valence-electron chi connectivity index (χ0n) is 16.9. The number of thioether (sulfide) groups is 1. The van der Waals surface area contributed by atoms with E-state index in [0.717, 1.165) is 29.2 Å². The van der Waals surface area contributed by atoms with Crippen LogP contribution in [0.15, 0.2) is 14.7 Å². The molecule has 0 N–H and O–H groups in total. The molecule has 0 radical (unpaired) electrons. The van der Waals surface area contributed by atoms with E-state index in [0.29, 0.717) is 30.1 Å². The van der Waals surface area contributed by atoms with E-state index in [1.807, 2.05) is 20.8 Å². The number of aromatic nitrogens is 4. The molecule has 0 unspecified atom stereocenters. The summed E-state index contributed by atoms with van der Waals surface area (Å²) in [7, 11) is 3.00. The summed E-state index contributed by atoms with van der Waals surface area (Å²) >= 11 is 1.10. The summed E-state index contributed by atoms with van der Waals surface area (Å²) in [5.74, 6) is -0.218. The fourth-order valence-electron chi connectivity index (χ4n) is 3.65. The highest BCUT2D eigenvalue weighted by atomic mass is 32.2. The second kappa shape index (κ2) is 7.35. The molecular formula is C19H26N4O4S.